The summed E-state index contributed by atoms with van der Waals surface area (Å²) in [4.78, 5) is 13.6. The van der Waals surface area contributed by atoms with Crippen molar-refractivity contribution in [1.82, 2.24) is 0 Å². The molecule has 5 rings (SSSR count). The summed E-state index contributed by atoms with van der Waals surface area (Å²) >= 11 is 1.59. The number of aliphatic hydroxyl groups is 1. The molecule has 0 spiro atoms. The molecule has 3 aliphatic rings. The molecule has 2 aromatic heterocycles. The molecule has 0 amide bonds. The van der Waals surface area contributed by atoms with Crippen LogP contribution >= 0.6 is 22.7 Å². The number of nitrogens with zero attached hydrogens (tertiary/aromatic N) is 1. The van der Waals surface area contributed by atoms with Crippen LogP contribution < -0.4 is 17.0 Å². The Morgan fingerprint density at radius 1 is 1.29 bits per heavy atom. The minimum Gasteiger partial charge on any atom is -1.00 e. The maximum atomic E-state index is 13.5. The summed E-state index contributed by atoms with van der Waals surface area (Å²) in [5, 5.41) is 11.5. The van der Waals surface area contributed by atoms with Gasteiger partial charge in [-0.1, -0.05) is 6.04 Å². The highest BCUT2D eigenvalue weighted by atomic mass is 79.9. The first kappa shape index (κ1) is 15.1. The molecule has 8 heteroatoms. The van der Waals surface area contributed by atoms with E-state index in [0.29, 0.717) is 29.1 Å². The highest BCUT2D eigenvalue weighted by Crippen LogP contribution is 2.52. The van der Waals surface area contributed by atoms with Gasteiger partial charge in [0.1, 0.15) is 30.4 Å². The van der Waals surface area contributed by atoms with Gasteiger partial charge in [0, 0.05) is 17.7 Å². The zero-order valence-corrected chi connectivity index (χ0v) is 18.8. The predicted octanol–water partition coefficient (Wildman–Crippen LogP) is -0.342. The number of epoxide rings is 1. The third-order valence-electron chi connectivity index (χ3n) is 6.25. The van der Waals surface area contributed by atoms with Gasteiger partial charge in [0.05, 0.1) is 30.7 Å². The molecule has 3 saturated heterocycles. The van der Waals surface area contributed by atoms with Crippen molar-refractivity contribution in [1.29, 1.82) is 0 Å². The normalized spacial score (nSPS) is 36.6. The van der Waals surface area contributed by atoms with Gasteiger partial charge in [-0.3, -0.25) is 0 Å². The van der Waals surface area contributed by atoms with Gasteiger partial charge in [0.2, 0.25) is 5.60 Å². The number of hydrogen-bond donors (Lipinski definition) is 1. The third kappa shape index (κ3) is 2.92. The van der Waals surface area contributed by atoms with Crippen molar-refractivity contribution in [3.63, 3.8) is 0 Å². The van der Waals surface area contributed by atoms with E-state index in [1.165, 1.54) is 0 Å². The van der Waals surface area contributed by atoms with Gasteiger partial charge >= 0.3 is 5.97 Å². The Bertz CT molecular complexity index is 1070. The summed E-state index contributed by atoms with van der Waals surface area (Å²) in [5.41, 5.74) is -2.51. The molecule has 1 N–H and O–H groups in total. The summed E-state index contributed by atoms with van der Waals surface area (Å²) in [6, 6.07) is -0.874. The van der Waals surface area contributed by atoms with E-state index >= 15 is 0 Å². The Morgan fingerprint density at radius 3 is 2.50 bits per heavy atom. The number of carbonyl (C=O) groups excluding carboxylic acids is 1. The molecular weight excluding hydrogens is 462 g/mol. The predicted molar refractivity (Wildman–Crippen MR) is 104 cm³/mol. The van der Waals surface area contributed by atoms with Gasteiger partial charge in [-0.25, -0.2) is 4.79 Å². The Morgan fingerprint density at radius 2 is 1.96 bits per heavy atom. The highest BCUT2D eigenvalue weighted by molar-refractivity contribution is 7.13. The second kappa shape index (κ2) is 6.89. The third-order valence-corrected chi connectivity index (χ3v) is 8.07. The molecule has 3 fully saturated rings. The molecule has 2 aromatic rings. The molecule has 5 atom stereocenters. The molecule has 3 aliphatic heterocycles. The number of halogens is 1. The maximum absolute atomic E-state index is 13.5. The molecule has 2 bridgehead atoms. The van der Waals surface area contributed by atoms with Crippen LogP contribution in [0.1, 0.15) is 34.3 Å². The van der Waals surface area contributed by atoms with Crippen LogP contribution in [-0.2, 0) is 19.9 Å². The number of thiophene rings is 2. The summed E-state index contributed by atoms with van der Waals surface area (Å²) in [6.45, 7) is 1.62. The number of hydrogen-bond acceptors (Lipinski definition) is 6. The summed E-state index contributed by atoms with van der Waals surface area (Å²) in [6.07, 6.45) is 1.05. The van der Waals surface area contributed by atoms with E-state index in [0.717, 1.165) is 15.8 Å². The van der Waals surface area contributed by atoms with Gasteiger partial charge < -0.3 is 36.0 Å². The second-order valence-electron chi connectivity index (χ2n) is 8.06. The van der Waals surface area contributed by atoms with Crippen LogP contribution in [0.4, 0.5) is 0 Å². The van der Waals surface area contributed by atoms with Crippen LogP contribution in [0.2, 0.25) is 0 Å². The average Bonchev–Trinajstić information content (AvgIpc) is 3.39. The van der Waals surface area contributed by atoms with E-state index in [4.69, 9.17) is 16.3 Å². The molecule has 0 saturated carbocycles. The van der Waals surface area contributed by atoms with E-state index in [1.54, 1.807) is 6.92 Å². The topological polar surface area (TPSA) is 59.1 Å². The first-order valence-corrected chi connectivity index (χ1v) is 10.6. The van der Waals surface area contributed by atoms with Gasteiger partial charge in [-0.2, -0.15) is 0 Å². The largest absolute Gasteiger partial charge is 1.00 e. The lowest BCUT2D eigenvalue weighted by molar-refractivity contribution is -0.938. The molecular formula is C20H24BrNO4S2. The molecule has 0 aliphatic carbocycles. The molecule has 28 heavy (non-hydrogen) atoms. The fraction of sp³-hybridized carbons (Fsp3) is 0.550. The number of fused-ring (bicyclic) bond motifs is 5. The Labute approximate surface area is 190 Å². The fourth-order valence-electron chi connectivity index (χ4n) is 4.69. The molecule has 5 nitrogen and oxygen atoms in total. The van der Waals surface area contributed by atoms with E-state index < -0.39 is 29.8 Å². The van der Waals surface area contributed by atoms with Gasteiger partial charge in [0.15, 0.2) is 0 Å². The average molecular weight is 491 g/mol. The SMILES string of the molecule is [2H]c1sc(C(O)(C(=O)OC2CC3C4OC4C(C2)[N+]3(C)C)c2sc(C)c([2H])c2[2H])c([2H])c1[2H].[Br-]. The lowest BCUT2D eigenvalue weighted by Crippen LogP contribution is -3.00. The number of carbonyl (C=O) groups is 1. The van der Waals surface area contributed by atoms with Crippen molar-refractivity contribution < 1.29 is 47.7 Å². The monoisotopic (exact) mass is 490 g/mol. The minimum absolute atomic E-state index is 0. The Hall–Kier alpha value is -0.770. The lowest BCUT2D eigenvalue weighted by Gasteiger charge is -2.45. The Kier molecular flexibility index (Phi) is 3.71. The number of ether oxygens (including phenoxy) is 2. The molecule has 5 heterocycles. The summed E-state index contributed by atoms with van der Waals surface area (Å²) in [5.74, 6) is -1.02. The van der Waals surface area contributed by atoms with E-state index in [-0.39, 0.29) is 68.5 Å². The van der Waals surface area contributed by atoms with Gasteiger partial charge in [0.25, 0.3) is 0 Å². The van der Waals surface area contributed by atoms with Gasteiger partial charge in [-0.05, 0) is 30.4 Å². The zero-order valence-electron chi connectivity index (χ0n) is 20.6. The molecule has 5 unspecified atom stereocenters. The van der Waals surface area contributed by atoms with Crippen LogP contribution in [0.25, 0.3) is 0 Å². The maximum Gasteiger partial charge on any atom is 0.349 e. The van der Waals surface area contributed by atoms with Crippen molar-refractivity contribution >= 4 is 28.6 Å². The Balaban J connectivity index is 0.00000259. The summed E-state index contributed by atoms with van der Waals surface area (Å²) in [7, 11) is 4.30. The number of quaternary nitrogens is 1. The van der Waals surface area contributed by atoms with E-state index in [2.05, 4.69) is 14.1 Å². The number of likely N-dealkylation sites (N-methyl/N-ethyl adjacent to an activating group) is 1. The molecule has 0 aromatic carbocycles. The number of morpholine rings is 1. The highest BCUT2D eigenvalue weighted by Gasteiger charge is 2.71. The standard InChI is InChI=1S/C20H24NO4S2.BrH/c1-11-6-7-16(27-11)20(23,15-5-4-8-26-15)19(22)24-12-9-13-17-18(25-17)14(10-12)21(13,2)3;/h4-8,12-14,17-18,23H,9-10H2,1-3H3;1H/q+1;/p-1/i4D,5D,6D,7D,8D;. The van der Waals surface area contributed by atoms with Crippen LogP contribution in [0.5, 0.6) is 0 Å². The number of rotatable bonds is 4. The van der Waals surface area contributed by atoms with Crippen LogP contribution in [-0.4, -0.2) is 60.0 Å². The second-order valence-corrected chi connectivity index (χ2v) is 10.1. The smallest absolute Gasteiger partial charge is 0.349 e. The first-order chi connectivity index (χ1) is 14.9. The quantitative estimate of drug-likeness (QED) is 0.361. The molecule has 0 radical (unpaired) electrons. The van der Waals surface area contributed by atoms with E-state index in [1.807, 2.05) is 0 Å². The van der Waals surface area contributed by atoms with Crippen molar-refractivity contribution in [2.24, 2.45) is 0 Å². The lowest BCUT2D eigenvalue weighted by atomic mass is 9.95. The van der Waals surface area contributed by atoms with Crippen LogP contribution in [0.15, 0.2) is 29.5 Å². The fourth-order valence-corrected chi connectivity index (χ4v) is 6.24. The van der Waals surface area contributed by atoms with Crippen molar-refractivity contribution in [3.05, 3.63) is 44.2 Å². The van der Waals surface area contributed by atoms with E-state index in [9.17, 15) is 9.90 Å². The van der Waals surface area contributed by atoms with Gasteiger partial charge in [-0.15, -0.1) is 22.7 Å². The number of piperidine rings is 1. The van der Waals surface area contributed by atoms with Crippen molar-refractivity contribution in [3.8, 4) is 0 Å². The van der Waals surface area contributed by atoms with Crippen LogP contribution in [0, 0.1) is 6.92 Å². The minimum atomic E-state index is -2.51. The van der Waals surface area contributed by atoms with Crippen LogP contribution in [0.3, 0.4) is 0 Å². The first-order valence-electron chi connectivity index (χ1n) is 11.4. The van der Waals surface area contributed by atoms with Crippen molar-refractivity contribution in [2.75, 3.05) is 14.1 Å². The number of esters is 1. The molecule has 152 valence electrons. The zero-order chi connectivity index (χ0) is 23.3. The van der Waals surface area contributed by atoms with Crippen molar-refractivity contribution in [2.45, 2.75) is 55.8 Å². The summed E-state index contributed by atoms with van der Waals surface area (Å²) < 4.78 is 52.8. The number of aryl methyl sites for hydroxylation is 1.